The summed E-state index contributed by atoms with van der Waals surface area (Å²) in [5, 5.41) is 0. The standard InChI is InChI=1S/Hf.OSi.3O/c;1-2;;;/q+4;+2;3*-2. The van der Waals surface area contributed by atoms with E-state index >= 15 is 0 Å². The molecule has 0 N–H and O–H groups in total. The Morgan fingerprint density at radius 3 is 0.833 bits per heavy atom. The molecule has 32 valence electrons. The molecule has 0 aliphatic rings. The van der Waals surface area contributed by atoms with E-state index in [9.17, 15) is 0 Å². The molecule has 0 aliphatic heterocycles. The normalized spacial score (nSPS) is 1.00. The molecule has 0 aliphatic carbocycles. The molecular weight excluding hydrogens is 271 g/mol. The van der Waals surface area contributed by atoms with E-state index in [1.165, 1.54) is 0 Å². The first-order valence-electron chi connectivity index (χ1n) is 0.204. The van der Waals surface area contributed by atoms with E-state index in [2.05, 4.69) is 0 Å². The van der Waals surface area contributed by atoms with Gasteiger partial charge in [-0.15, -0.1) is 0 Å². The second-order valence-corrected chi connectivity index (χ2v) is 0. The number of hydrogen-bond acceptors (Lipinski definition) is 1. The summed E-state index contributed by atoms with van der Waals surface area (Å²) in [6.07, 6.45) is 0. The first kappa shape index (κ1) is 72.1. The molecule has 0 amide bonds. The Labute approximate surface area is 57.1 Å². The van der Waals surface area contributed by atoms with Gasteiger partial charge in [-0.1, -0.05) is 0 Å². The second kappa shape index (κ2) is 223. The van der Waals surface area contributed by atoms with Crippen LogP contribution in [0.15, 0.2) is 0 Å². The molecule has 6 heavy (non-hydrogen) atoms. The Balaban J connectivity index is -0.000000000833. The maximum atomic E-state index is 8.06. The van der Waals surface area contributed by atoms with E-state index in [1.54, 1.807) is 10.1 Å². The molecule has 0 saturated heterocycles. The Hall–Kier alpha value is 0.767. The SMILES string of the molecule is O=[Si+2].[Hf+4].[O-2].[O-2].[O-2]. The summed E-state index contributed by atoms with van der Waals surface area (Å²) in [7, 11) is 1.72. The van der Waals surface area contributed by atoms with Crippen LogP contribution in [-0.2, 0) is 46.7 Å². The van der Waals surface area contributed by atoms with Crippen molar-refractivity contribution in [2.75, 3.05) is 0 Å². The van der Waals surface area contributed by atoms with Crippen molar-refractivity contribution in [3.8, 4) is 0 Å². The van der Waals surface area contributed by atoms with Crippen LogP contribution in [0.25, 0.3) is 0 Å². The van der Waals surface area contributed by atoms with Crippen LogP contribution >= 0.6 is 0 Å². The molecule has 6 heteroatoms. The zero-order valence-corrected chi connectivity index (χ0v) is 7.23. The van der Waals surface area contributed by atoms with Gasteiger partial charge in [0.1, 0.15) is 0 Å². The number of rotatable bonds is 0. The largest absolute Gasteiger partial charge is 4.00 e. The maximum Gasteiger partial charge on any atom is 4.00 e. The Kier molecular flexibility index (Phi) is 2680. The quantitative estimate of drug-likeness (QED) is 0.525. The van der Waals surface area contributed by atoms with Crippen LogP contribution in [0.1, 0.15) is 0 Å². The molecule has 0 saturated carbocycles. The third-order valence-corrected chi connectivity index (χ3v) is 0. The van der Waals surface area contributed by atoms with E-state index in [4.69, 9.17) is 4.46 Å². The molecule has 0 heterocycles. The topological polar surface area (TPSA) is 103 Å². The molecule has 0 bridgehead atoms. The van der Waals surface area contributed by atoms with Crippen molar-refractivity contribution in [3.63, 3.8) is 0 Å². The van der Waals surface area contributed by atoms with Gasteiger partial charge in [-0.2, -0.15) is 0 Å². The van der Waals surface area contributed by atoms with Crippen molar-refractivity contribution in [2.24, 2.45) is 0 Å². The summed E-state index contributed by atoms with van der Waals surface area (Å²) in [6.45, 7) is 0. The average Bonchev–Trinajstić information content (AvgIpc) is 1.00. The van der Waals surface area contributed by atoms with Crippen molar-refractivity contribution < 1.29 is 46.7 Å². The first-order chi connectivity index (χ1) is 1.00. The fourth-order valence-electron chi connectivity index (χ4n) is 0. The van der Waals surface area contributed by atoms with Gasteiger partial charge >= 0.3 is 40.4 Å². The van der Waals surface area contributed by atoms with E-state index in [0.29, 0.717) is 0 Å². The van der Waals surface area contributed by atoms with Crippen molar-refractivity contribution in [3.05, 3.63) is 0 Å². The zero-order valence-electron chi connectivity index (χ0n) is 2.63. The van der Waals surface area contributed by atoms with Crippen molar-refractivity contribution >= 4 is 10.1 Å². The van der Waals surface area contributed by atoms with Crippen LogP contribution in [0.4, 0.5) is 0 Å². The maximum absolute atomic E-state index is 8.06. The molecule has 0 atom stereocenters. The van der Waals surface area contributed by atoms with Gasteiger partial charge in [-0.05, 0) is 0 Å². The van der Waals surface area contributed by atoms with E-state index < -0.39 is 0 Å². The molecule has 0 aromatic heterocycles. The van der Waals surface area contributed by atoms with Gasteiger partial charge in [0.2, 0.25) is 0 Å². The van der Waals surface area contributed by atoms with Crippen molar-refractivity contribution in [1.82, 2.24) is 0 Å². The second-order valence-electron chi connectivity index (χ2n) is 0. The Morgan fingerprint density at radius 1 is 0.833 bits per heavy atom. The first-order valence-corrected chi connectivity index (χ1v) is 0.612. The summed E-state index contributed by atoms with van der Waals surface area (Å²) in [5.74, 6) is 0. The zero-order chi connectivity index (χ0) is 2.00. The smallest absolute Gasteiger partial charge is 2.00 e. The molecule has 0 rings (SSSR count). The van der Waals surface area contributed by atoms with Gasteiger partial charge in [0.25, 0.3) is 0 Å². The fourth-order valence-corrected chi connectivity index (χ4v) is 0. The van der Waals surface area contributed by atoms with Gasteiger partial charge in [0.15, 0.2) is 0 Å². The molecule has 0 radical (unpaired) electrons. The Morgan fingerprint density at radius 2 is 0.833 bits per heavy atom. The predicted molar refractivity (Wildman–Crippen MR) is 8.50 cm³/mol. The van der Waals surface area contributed by atoms with E-state index in [1.807, 2.05) is 0 Å². The minimum absolute atomic E-state index is 0. The Bertz CT molecular complexity index is 7.51. The van der Waals surface area contributed by atoms with Crippen LogP contribution in [0.3, 0.4) is 0 Å². The van der Waals surface area contributed by atoms with Gasteiger partial charge in [0.05, 0.1) is 0 Å². The van der Waals surface area contributed by atoms with Crippen LogP contribution < -0.4 is 0 Å². The van der Waals surface area contributed by atoms with Crippen LogP contribution in [0.2, 0.25) is 0 Å². The van der Waals surface area contributed by atoms with Gasteiger partial charge < -0.3 is 16.4 Å². The van der Waals surface area contributed by atoms with E-state index in [-0.39, 0.29) is 42.3 Å². The van der Waals surface area contributed by atoms with Gasteiger partial charge in [0, 0.05) is 0 Å². The molecule has 0 spiro atoms. The molecule has 0 fully saturated rings. The van der Waals surface area contributed by atoms with Gasteiger partial charge in [-0.25, -0.2) is 0 Å². The van der Waals surface area contributed by atoms with E-state index in [0.717, 1.165) is 0 Å². The monoisotopic (exact) mass is 272 g/mol. The summed E-state index contributed by atoms with van der Waals surface area (Å²) in [6, 6.07) is 0. The van der Waals surface area contributed by atoms with Crippen molar-refractivity contribution in [1.29, 1.82) is 0 Å². The van der Waals surface area contributed by atoms with Crippen molar-refractivity contribution in [2.45, 2.75) is 0 Å². The molecular formula is HfO4Si. The molecule has 0 unspecified atom stereocenters. The summed E-state index contributed by atoms with van der Waals surface area (Å²) < 4.78 is 8.06. The molecule has 0 aromatic rings. The minimum atomic E-state index is 0. The van der Waals surface area contributed by atoms with Gasteiger partial charge in [-0.3, -0.25) is 0 Å². The number of hydrogen-bond donors (Lipinski definition) is 0. The summed E-state index contributed by atoms with van der Waals surface area (Å²) in [5.41, 5.74) is 0. The summed E-state index contributed by atoms with van der Waals surface area (Å²) >= 11 is 0. The third-order valence-electron chi connectivity index (χ3n) is 0. The minimum Gasteiger partial charge on any atom is -2.00 e. The fraction of sp³-hybridized carbons (Fsp3) is 0. The van der Waals surface area contributed by atoms with Crippen LogP contribution in [-0.4, -0.2) is 10.1 Å². The molecule has 4 nitrogen and oxygen atoms in total. The third kappa shape index (κ3) is 115. The predicted octanol–water partition coefficient (Wildman–Crippen LogP) is -0.859. The van der Waals surface area contributed by atoms with Crippen LogP contribution in [0.5, 0.6) is 0 Å². The summed E-state index contributed by atoms with van der Waals surface area (Å²) in [4.78, 5) is 0. The average molecular weight is 271 g/mol. The van der Waals surface area contributed by atoms with Crippen LogP contribution in [0, 0.1) is 0 Å². The molecule has 0 aromatic carbocycles.